The molecule has 1 aromatic heterocycles. The zero-order valence-corrected chi connectivity index (χ0v) is 14.3. The lowest BCUT2D eigenvalue weighted by Crippen LogP contribution is -2.16. The molecule has 0 atom stereocenters. The minimum Gasteiger partial charge on any atom is -0.457 e. The third-order valence-electron chi connectivity index (χ3n) is 3.48. The molecular weight excluding hydrogens is 374 g/mol. The Morgan fingerprint density at radius 3 is 2.62 bits per heavy atom. The molecule has 3 aromatic rings. The summed E-state index contributed by atoms with van der Waals surface area (Å²) in [4.78, 5) is 23.8. The van der Waals surface area contributed by atoms with Crippen molar-refractivity contribution in [1.82, 2.24) is 15.0 Å². The number of aromatic nitrogens is 3. The van der Waals surface area contributed by atoms with E-state index >= 15 is 0 Å². The highest BCUT2D eigenvalue weighted by Gasteiger charge is 2.11. The van der Waals surface area contributed by atoms with Crippen molar-refractivity contribution in [3.05, 3.63) is 58.6 Å². The lowest BCUT2D eigenvalue weighted by atomic mass is 10.1. The number of Topliss-reactive ketones (excluding diaryl/α,β-unsaturated/α-hetero) is 1. The number of ether oxygens (including phenoxy) is 1. The minimum absolute atomic E-state index is 0.126. The van der Waals surface area contributed by atoms with Crippen molar-refractivity contribution in [3.8, 4) is 0 Å². The van der Waals surface area contributed by atoms with E-state index in [1.165, 1.54) is 0 Å². The van der Waals surface area contributed by atoms with Crippen molar-refractivity contribution in [1.29, 1.82) is 0 Å². The van der Waals surface area contributed by atoms with Crippen LogP contribution >= 0.6 is 15.9 Å². The van der Waals surface area contributed by atoms with Crippen LogP contribution < -0.4 is 0 Å². The molecule has 0 saturated carbocycles. The van der Waals surface area contributed by atoms with Gasteiger partial charge in [0.05, 0.1) is 18.5 Å². The van der Waals surface area contributed by atoms with Crippen LogP contribution in [-0.2, 0) is 16.1 Å². The molecule has 0 aliphatic rings. The van der Waals surface area contributed by atoms with Crippen molar-refractivity contribution in [2.75, 3.05) is 6.61 Å². The first-order valence-corrected chi connectivity index (χ1v) is 8.15. The van der Waals surface area contributed by atoms with Crippen molar-refractivity contribution >= 4 is 38.7 Å². The van der Waals surface area contributed by atoms with Gasteiger partial charge in [0.1, 0.15) is 5.52 Å². The fourth-order valence-electron chi connectivity index (χ4n) is 2.22. The molecule has 0 spiro atoms. The van der Waals surface area contributed by atoms with Crippen molar-refractivity contribution < 1.29 is 14.3 Å². The number of ketones is 1. The standard InChI is InChI=1S/C17H14BrN3O3/c18-13-7-5-12(6-8-13)16(22)11-24-17(23)9-10-21-15-4-2-1-3-14(15)19-20-21/h1-8H,9-11H2. The summed E-state index contributed by atoms with van der Waals surface area (Å²) in [5.41, 5.74) is 2.14. The summed E-state index contributed by atoms with van der Waals surface area (Å²) >= 11 is 3.30. The summed E-state index contributed by atoms with van der Waals surface area (Å²) in [6.07, 6.45) is 0.126. The molecule has 3 rings (SSSR count). The van der Waals surface area contributed by atoms with Crippen LogP contribution in [0.3, 0.4) is 0 Å². The van der Waals surface area contributed by atoms with Gasteiger partial charge in [-0.15, -0.1) is 5.10 Å². The fourth-order valence-corrected chi connectivity index (χ4v) is 2.48. The van der Waals surface area contributed by atoms with Gasteiger partial charge in [-0.2, -0.15) is 0 Å². The van der Waals surface area contributed by atoms with E-state index in [9.17, 15) is 9.59 Å². The van der Waals surface area contributed by atoms with Gasteiger partial charge in [0.25, 0.3) is 0 Å². The molecule has 0 aliphatic carbocycles. The van der Waals surface area contributed by atoms with Gasteiger partial charge in [-0.3, -0.25) is 9.59 Å². The molecule has 1 heterocycles. The van der Waals surface area contributed by atoms with E-state index in [1.54, 1.807) is 28.9 Å². The van der Waals surface area contributed by atoms with E-state index in [1.807, 2.05) is 24.3 Å². The molecule has 0 bridgehead atoms. The highest BCUT2D eigenvalue weighted by Crippen LogP contribution is 2.12. The zero-order chi connectivity index (χ0) is 16.9. The number of nitrogens with zero attached hydrogens (tertiary/aromatic N) is 3. The molecule has 7 heteroatoms. The van der Waals surface area contributed by atoms with Crippen molar-refractivity contribution in [2.45, 2.75) is 13.0 Å². The van der Waals surface area contributed by atoms with E-state index in [0.29, 0.717) is 12.1 Å². The Kier molecular flexibility index (Phi) is 5.00. The molecule has 0 aliphatic heterocycles. The second-order valence-corrected chi connectivity index (χ2v) is 6.06. The maximum atomic E-state index is 11.9. The molecule has 0 unspecified atom stereocenters. The first-order chi connectivity index (χ1) is 11.6. The van der Waals surface area contributed by atoms with Crippen LogP contribution in [0.5, 0.6) is 0 Å². The number of halogens is 1. The molecule has 24 heavy (non-hydrogen) atoms. The quantitative estimate of drug-likeness (QED) is 0.480. The number of esters is 1. The number of carbonyl (C=O) groups is 2. The van der Waals surface area contributed by atoms with E-state index in [4.69, 9.17) is 4.74 Å². The van der Waals surface area contributed by atoms with Crippen LogP contribution in [0.2, 0.25) is 0 Å². The first-order valence-electron chi connectivity index (χ1n) is 7.36. The summed E-state index contributed by atoms with van der Waals surface area (Å²) in [6, 6.07) is 14.4. The average molecular weight is 388 g/mol. The monoisotopic (exact) mass is 387 g/mol. The summed E-state index contributed by atoms with van der Waals surface area (Å²) in [5, 5.41) is 8.03. The van der Waals surface area contributed by atoms with Crippen molar-refractivity contribution in [2.24, 2.45) is 0 Å². The van der Waals surface area contributed by atoms with Gasteiger partial charge < -0.3 is 4.74 Å². The van der Waals surface area contributed by atoms with Crippen LogP contribution in [0, 0.1) is 0 Å². The highest BCUT2D eigenvalue weighted by atomic mass is 79.9. The van der Waals surface area contributed by atoms with Gasteiger partial charge in [0.15, 0.2) is 12.4 Å². The number of para-hydroxylation sites is 1. The zero-order valence-electron chi connectivity index (χ0n) is 12.7. The Bertz CT molecular complexity index is 874. The lowest BCUT2D eigenvalue weighted by Gasteiger charge is -2.05. The molecule has 0 amide bonds. The first kappa shape index (κ1) is 16.3. The molecule has 0 fully saturated rings. The molecular formula is C17H14BrN3O3. The second-order valence-electron chi connectivity index (χ2n) is 5.14. The molecule has 122 valence electrons. The summed E-state index contributed by atoms with van der Waals surface area (Å²) < 4.78 is 7.57. The number of fused-ring (bicyclic) bond motifs is 1. The Hall–Kier alpha value is -2.54. The molecule has 0 radical (unpaired) electrons. The predicted octanol–water partition coefficient (Wildman–Crippen LogP) is 3.01. The third kappa shape index (κ3) is 3.86. The fraction of sp³-hybridized carbons (Fsp3) is 0.176. The Labute approximate surface area is 146 Å². The summed E-state index contributed by atoms with van der Waals surface area (Å²) in [7, 11) is 0. The largest absolute Gasteiger partial charge is 0.457 e. The maximum Gasteiger partial charge on any atom is 0.308 e. The van der Waals surface area contributed by atoms with Crippen LogP contribution in [0.1, 0.15) is 16.8 Å². The number of hydrogen-bond acceptors (Lipinski definition) is 5. The van der Waals surface area contributed by atoms with Gasteiger partial charge in [-0.1, -0.05) is 45.4 Å². The number of benzene rings is 2. The van der Waals surface area contributed by atoms with E-state index < -0.39 is 5.97 Å². The molecule has 6 nitrogen and oxygen atoms in total. The topological polar surface area (TPSA) is 74.1 Å². The molecule has 0 saturated heterocycles. The van der Waals surface area contributed by atoms with E-state index in [-0.39, 0.29) is 18.8 Å². The number of rotatable bonds is 6. The minimum atomic E-state index is -0.444. The second kappa shape index (κ2) is 7.35. The van der Waals surface area contributed by atoms with Gasteiger partial charge in [0, 0.05) is 10.0 Å². The van der Waals surface area contributed by atoms with E-state index in [0.717, 1.165) is 15.5 Å². The van der Waals surface area contributed by atoms with Gasteiger partial charge in [-0.25, -0.2) is 4.68 Å². The summed E-state index contributed by atoms with van der Waals surface area (Å²) in [6.45, 7) is 0.0877. The Morgan fingerprint density at radius 1 is 1.08 bits per heavy atom. The summed E-state index contributed by atoms with van der Waals surface area (Å²) in [5.74, 6) is -0.679. The van der Waals surface area contributed by atoms with Crippen LogP contribution in [-0.4, -0.2) is 33.4 Å². The Morgan fingerprint density at radius 2 is 1.83 bits per heavy atom. The maximum absolute atomic E-state index is 11.9. The third-order valence-corrected chi connectivity index (χ3v) is 4.01. The lowest BCUT2D eigenvalue weighted by molar-refractivity contribution is -0.142. The van der Waals surface area contributed by atoms with Crippen LogP contribution in [0.25, 0.3) is 11.0 Å². The smallest absolute Gasteiger partial charge is 0.308 e. The number of hydrogen-bond donors (Lipinski definition) is 0. The van der Waals surface area contributed by atoms with Crippen molar-refractivity contribution in [3.63, 3.8) is 0 Å². The molecule has 2 aromatic carbocycles. The van der Waals surface area contributed by atoms with Gasteiger partial charge >= 0.3 is 5.97 Å². The SMILES string of the molecule is O=C(CCn1nnc2ccccc21)OCC(=O)c1ccc(Br)cc1. The van der Waals surface area contributed by atoms with Crippen LogP contribution in [0.4, 0.5) is 0 Å². The highest BCUT2D eigenvalue weighted by molar-refractivity contribution is 9.10. The Balaban J connectivity index is 1.51. The van der Waals surface area contributed by atoms with Crippen LogP contribution in [0.15, 0.2) is 53.0 Å². The predicted molar refractivity (Wildman–Crippen MR) is 91.6 cm³/mol. The normalized spacial score (nSPS) is 10.7. The van der Waals surface area contributed by atoms with E-state index in [2.05, 4.69) is 26.2 Å². The average Bonchev–Trinajstić information content (AvgIpc) is 3.01. The van der Waals surface area contributed by atoms with Gasteiger partial charge in [0.2, 0.25) is 0 Å². The number of carbonyl (C=O) groups excluding carboxylic acids is 2. The molecule has 0 N–H and O–H groups in total. The number of aryl methyl sites for hydroxylation is 1. The van der Waals surface area contributed by atoms with Gasteiger partial charge in [-0.05, 0) is 24.3 Å².